The van der Waals surface area contributed by atoms with Gasteiger partial charge < -0.3 is 11.1 Å². The number of carbonyl (C=O) groups is 1. The van der Waals surface area contributed by atoms with Gasteiger partial charge in [0, 0.05) is 16.8 Å². The fourth-order valence-corrected chi connectivity index (χ4v) is 1.77. The van der Waals surface area contributed by atoms with Crippen LogP contribution in [-0.2, 0) is 0 Å². The van der Waals surface area contributed by atoms with E-state index in [4.69, 9.17) is 5.73 Å². The molecule has 1 amide bonds. The van der Waals surface area contributed by atoms with Gasteiger partial charge in [-0.05, 0) is 36.8 Å². The summed E-state index contributed by atoms with van der Waals surface area (Å²) in [6.45, 7) is 2.30. The first kappa shape index (κ1) is 13.9. The van der Waals surface area contributed by atoms with Gasteiger partial charge in [0.25, 0.3) is 5.91 Å². The summed E-state index contributed by atoms with van der Waals surface area (Å²) in [5.74, 6) is 5.69. The van der Waals surface area contributed by atoms with Crippen molar-refractivity contribution in [1.82, 2.24) is 0 Å². The van der Waals surface area contributed by atoms with Gasteiger partial charge in [-0.25, -0.2) is 0 Å². The molecule has 0 saturated heterocycles. The van der Waals surface area contributed by atoms with E-state index in [0.29, 0.717) is 12.1 Å². The standard InChI is InChI=1S/C17H16N2O/c1-13-9-10-16(12-15(13)8-5-11-18)19-17(20)14-6-3-2-4-7-14/h2-4,6-7,9-10,12H,11,18H2,1H3,(H,19,20). The summed E-state index contributed by atoms with van der Waals surface area (Å²) in [5.41, 5.74) is 8.67. The average Bonchev–Trinajstić information content (AvgIpc) is 2.48. The zero-order valence-corrected chi connectivity index (χ0v) is 11.3. The first-order valence-corrected chi connectivity index (χ1v) is 6.36. The predicted octanol–water partition coefficient (Wildman–Crippen LogP) is 2.56. The van der Waals surface area contributed by atoms with Crippen LogP contribution in [0, 0.1) is 18.8 Å². The molecule has 0 fully saturated rings. The molecule has 3 nitrogen and oxygen atoms in total. The summed E-state index contributed by atoms with van der Waals surface area (Å²) in [7, 11) is 0. The third-order valence-corrected chi connectivity index (χ3v) is 2.86. The number of nitrogens with two attached hydrogens (primary N) is 1. The molecule has 0 radical (unpaired) electrons. The van der Waals surface area contributed by atoms with Gasteiger partial charge in [-0.2, -0.15) is 0 Å². The predicted molar refractivity (Wildman–Crippen MR) is 81.5 cm³/mol. The lowest BCUT2D eigenvalue weighted by Gasteiger charge is -2.07. The molecule has 0 bridgehead atoms. The molecule has 3 N–H and O–H groups in total. The minimum atomic E-state index is -0.132. The molecule has 100 valence electrons. The van der Waals surface area contributed by atoms with E-state index in [1.54, 1.807) is 12.1 Å². The molecule has 2 aromatic rings. The van der Waals surface area contributed by atoms with Gasteiger partial charge in [-0.15, -0.1) is 0 Å². The minimum Gasteiger partial charge on any atom is -0.322 e. The molecule has 0 unspecified atom stereocenters. The molecule has 2 rings (SSSR count). The highest BCUT2D eigenvalue weighted by molar-refractivity contribution is 6.04. The third-order valence-electron chi connectivity index (χ3n) is 2.86. The Labute approximate surface area is 118 Å². The van der Waals surface area contributed by atoms with Gasteiger partial charge in [0.15, 0.2) is 0 Å². The van der Waals surface area contributed by atoms with Gasteiger partial charge in [0.2, 0.25) is 0 Å². The number of benzene rings is 2. The number of hydrogen-bond donors (Lipinski definition) is 2. The summed E-state index contributed by atoms with van der Waals surface area (Å²) in [4.78, 5) is 12.1. The summed E-state index contributed by atoms with van der Waals surface area (Å²) in [6.07, 6.45) is 0. The Balaban J connectivity index is 2.20. The third kappa shape index (κ3) is 3.47. The van der Waals surface area contributed by atoms with Gasteiger partial charge in [-0.1, -0.05) is 36.1 Å². The summed E-state index contributed by atoms with van der Waals surface area (Å²) in [5, 5.41) is 2.86. The summed E-state index contributed by atoms with van der Waals surface area (Å²) in [6, 6.07) is 14.8. The van der Waals surface area contributed by atoms with E-state index < -0.39 is 0 Å². The van der Waals surface area contributed by atoms with Crippen LogP contribution in [0.4, 0.5) is 5.69 Å². The second-order valence-electron chi connectivity index (χ2n) is 4.36. The maximum atomic E-state index is 12.1. The number of rotatable bonds is 2. The van der Waals surface area contributed by atoms with E-state index in [9.17, 15) is 4.79 Å². The van der Waals surface area contributed by atoms with Gasteiger partial charge in [0.05, 0.1) is 6.54 Å². The van der Waals surface area contributed by atoms with Gasteiger partial charge >= 0.3 is 0 Å². The lowest BCUT2D eigenvalue weighted by atomic mass is 10.1. The Bertz CT molecular complexity index is 666. The second-order valence-corrected chi connectivity index (χ2v) is 4.36. The minimum absolute atomic E-state index is 0.132. The maximum absolute atomic E-state index is 12.1. The van der Waals surface area contributed by atoms with E-state index in [-0.39, 0.29) is 5.91 Å². The zero-order chi connectivity index (χ0) is 14.4. The molecule has 2 aromatic carbocycles. The fraction of sp³-hybridized carbons (Fsp3) is 0.118. The van der Waals surface area contributed by atoms with Gasteiger partial charge in [0.1, 0.15) is 0 Å². The van der Waals surface area contributed by atoms with E-state index in [0.717, 1.165) is 16.8 Å². The van der Waals surface area contributed by atoms with Crippen molar-refractivity contribution < 1.29 is 4.79 Å². The van der Waals surface area contributed by atoms with E-state index in [1.165, 1.54) is 0 Å². The van der Waals surface area contributed by atoms with Crippen molar-refractivity contribution >= 4 is 11.6 Å². The number of anilines is 1. The summed E-state index contributed by atoms with van der Waals surface area (Å²) >= 11 is 0. The van der Waals surface area contributed by atoms with Crippen LogP contribution in [0.25, 0.3) is 0 Å². The monoisotopic (exact) mass is 264 g/mol. The molecule has 0 aromatic heterocycles. The van der Waals surface area contributed by atoms with Crippen LogP contribution < -0.4 is 11.1 Å². The lowest BCUT2D eigenvalue weighted by molar-refractivity contribution is 0.102. The van der Waals surface area contributed by atoms with Crippen LogP contribution >= 0.6 is 0 Å². The number of aryl methyl sites for hydroxylation is 1. The molecule has 0 atom stereocenters. The normalized spacial score (nSPS) is 9.50. The molecule has 0 saturated carbocycles. The average molecular weight is 264 g/mol. The first-order valence-electron chi connectivity index (χ1n) is 6.36. The number of hydrogen-bond acceptors (Lipinski definition) is 2. The highest BCUT2D eigenvalue weighted by Gasteiger charge is 2.05. The van der Waals surface area contributed by atoms with Crippen LogP contribution in [0.5, 0.6) is 0 Å². The van der Waals surface area contributed by atoms with Crippen molar-refractivity contribution in [1.29, 1.82) is 0 Å². The summed E-state index contributed by atoms with van der Waals surface area (Å²) < 4.78 is 0. The maximum Gasteiger partial charge on any atom is 0.255 e. The molecule has 3 heteroatoms. The topological polar surface area (TPSA) is 55.1 Å². The molecule has 0 aliphatic carbocycles. The SMILES string of the molecule is Cc1ccc(NC(=O)c2ccccc2)cc1C#CCN. The molecule has 0 spiro atoms. The van der Waals surface area contributed by atoms with Crippen LogP contribution in [0.3, 0.4) is 0 Å². The highest BCUT2D eigenvalue weighted by atomic mass is 16.1. The Hall–Kier alpha value is -2.57. The molecule has 0 heterocycles. The van der Waals surface area contributed by atoms with Gasteiger partial charge in [-0.3, -0.25) is 4.79 Å². The van der Waals surface area contributed by atoms with E-state index in [2.05, 4.69) is 17.2 Å². The Kier molecular flexibility index (Phi) is 4.54. The fourth-order valence-electron chi connectivity index (χ4n) is 1.77. The molecule has 20 heavy (non-hydrogen) atoms. The molecular formula is C17H16N2O. The lowest BCUT2D eigenvalue weighted by Crippen LogP contribution is -2.11. The largest absolute Gasteiger partial charge is 0.322 e. The first-order chi connectivity index (χ1) is 9.70. The molecular weight excluding hydrogens is 248 g/mol. The van der Waals surface area contributed by atoms with Crippen molar-refractivity contribution in [3.8, 4) is 11.8 Å². The Morgan fingerprint density at radius 1 is 1.20 bits per heavy atom. The second kappa shape index (κ2) is 6.55. The quantitative estimate of drug-likeness (QED) is 0.819. The zero-order valence-electron chi connectivity index (χ0n) is 11.3. The molecule has 0 aliphatic heterocycles. The van der Waals surface area contributed by atoms with Crippen molar-refractivity contribution in [2.75, 3.05) is 11.9 Å². The Morgan fingerprint density at radius 3 is 2.65 bits per heavy atom. The van der Waals surface area contributed by atoms with Crippen molar-refractivity contribution in [3.63, 3.8) is 0 Å². The number of amides is 1. The van der Waals surface area contributed by atoms with Crippen LogP contribution in [-0.4, -0.2) is 12.5 Å². The van der Waals surface area contributed by atoms with Crippen LogP contribution in [0.2, 0.25) is 0 Å². The number of carbonyl (C=O) groups excluding carboxylic acids is 1. The van der Waals surface area contributed by atoms with Crippen molar-refractivity contribution in [2.45, 2.75) is 6.92 Å². The van der Waals surface area contributed by atoms with Crippen molar-refractivity contribution in [2.24, 2.45) is 5.73 Å². The van der Waals surface area contributed by atoms with E-state index in [1.807, 2.05) is 43.3 Å². The smallest absolute Gasteiger partial charge is 0.255 e. The number of nitrogens with one attached hydrogen (secondary N) is 1. The Morgan fingerprint density at radius 2 is 1.95 bits per heavy atom. The van der Waals surface area contributed by atoms with E-state index >= 15 is 0 Å². The highest BCUT2D eigenvalue weighted by Crippen LogP contribution is 2.15. The molecule has 0 aliphatic rings. The van der Waals surface area contributed by atoms with Crippen molar-refractivity contribution in [3.05, 3.63) is 65.2 Å². The van der Waals surface area contributed by atoms with Crippen LogP contribution in [0.1, 0.15) is 21.5 Å². The van der Waals surface area contributed by atoms with Crippen LogP contribution in [0.15, 0.2) is 48.5 Å².